The predicted octanol–water partition coefficient (Wildman–Crippen LogP) is 1.44. The van der Waals surface area contributed by atoms with Crippen molar-refractivity contribution < 1.29 is 13.2 Å². The van der Waals surface area contributed by atoms with E-state index in [4.69, 9.17) is 4.74 Å². The second-order valence-electron chi connectivity index (χ2n) is 4.30. The van der Waals surface area contributed by atoms with Crippen molar-refractivity contribution in [2.24, 2.45) is 0 Å². The molecule has 19 heavy (non-hydrogen) atoms. The lowest BCUT2D eigenvalue weighted by molar-refractivity contribution is 0.410. The molecule has 1 aliphatic rings. The van der Waals surface area contributed by atoms with Crippen LogP contribution in [0.3, 0.4) is 0 Å². The minimum atomic E-state index is -3.48. The lowest BCUT2D eigenvalue weighted by atomic mass is 10.3. The average Bonchev–Trinajstić information content (AvgIpc) is 2.68. The van der Waals surface area contributed by atoms with Crippen molar-refractivity contribution in [2.75, 3.05) is 33.3 Å². The number of nitrogens with one attached hydrogen (secondary N) is 1. The molecule has 1 fully saturated rings. The number of ether oxygens (including phenoxy) is 1. The fourth-order valence-corrected chi connectivity index (χ4v) is 4.43. The minimum absolute atomic E-state index is 0.258. The molecule has 1 saturated heterocycles. The fraction of sp³-hybridized carbons (Fsp3) is 0.500. The monoisotopic (exact) mass is 348 g/mol. The molecule has 0 spiro atoms. The second-order valence-corrected chi connectivity index (χ2v) is 7.06. The van der Waals surface area contributed by atoms with E-state index in [1.807, 2.05) is 0 Å². The zero-order valence-corrected chi connectivity index (χ0v) is 13.1. The van der Waals surface area contributed by atoms with Crippen LogP contribution in [0, 0.1) is 0 Å². The number of sulfonamides is 1. The molecule has 1 aromatic carbocycles. The molecule has 0 atom stereocenters. The number of benzene rings is 1. The summed E-state index contributed by atoms with van der Waals surface area (Å²) in [4.78, 5) is 0.258. The van der Waals surface area contributed by atoms with Gasteiger partial charge in [0.15, 0.2) is 0 Å². The number of methoxy groups -OCH3 is 1. The predicted molar refractivity (Wildman–Crippen MR) is 76.9 cm³/mol. The maximum atomic E-state index is 12.6. The molecule has 5 nitrogen and oxygen atoms in total. The number of halogens is 1. The normalized spacial score (nSPS) is 18.0. The number of hydrogen-bond donors (Lipinski definition) is 1. The lowest BCUT2D eigenvalue weighted by Gasteiger charge is -2.20. The van der Waals surface area contributed by atoms with Crippen LogP contribution < -0.4 is 10.1 Å². The first kappa shape index (κ1) is 14.8. The molecular weight excluding hydrogens is 332 g/mol. The van der Waals surface area contributed by atoms with Crippen LogP contribution in [0.5, 0.6) is 5.75 Å². The topological polar surface area (TPSA) is 58.6 Å². The third-order valence-corrected chi connectivity index (χ3v) is 5.95. The zero-order chi connectivity index (χ0) is 13.9. The van der Waals surface area contributed by atoms with E-state index in [2.05, 4.69) is 21.2 Å². The van der Waals surface area contributed by atoms with Crippen molar-refractivity contribution in [1.29, 1.82) is 0 Å². The molecule has 0 amide bonds. The van der Waals surface area contributed by atoms with E-state index in [1.165, 1.54) is 11.4 Å². The Morgan fingerprint density at radius 3 is 2.84 bits per heavy atom. The summed E-state index contributed by atoms with van der Waals surface area (Å²) in [6.45, 7) is 2.57. The number of nitrogens with zero attached hydrogens (tertiary/aromatic N) is 1. The Balaban J connectivity index is 2.37. The smallest absolute Gasteiger partial charge is 0.244 e. The van der Waals surface area contributed by atoms with Crippen LogP contribution >= 0.6 is 15.9 Å². The molecule has 1 aliphatic heterocycles. The Morgan fingerprint density at radius 2 is 2.11 bits per heavy atom. The Hall–Kier alpha value is -0.630. The van der Waals surface area contributed by atoms with E-state index in [-0.39, 0.29) is 4.90 Å². The van der Waals surface area contributed by atoms with Crippen molar-refractivity contribution in [3.05, 3.63) is 22.7 Å². The van der Waals surface area contributed by atoms with Gasteiger partial charge in [-0.15, -0.1) is 0 Å². The highest BCUT2D eigenvalue weighted by molar-refractivity contribution is 9.10. The van der Waals surface area contributed by atoms with Crippen molar-refractivity contribution in [3.63, 3.8) is 0 Å². The molecule has 2 rings (SSSR count). The second kappa shape index (κ2) is 6.21. The van der Waals surface area contributed by atoms with Crippen LogP contribution in [0.25, 0.3) is 0 Å². The highest BCUT2D eigenvalue weighted by Gasteiger charge is 2.27. The zero-order valence-electron chi connectivity index (χ0n) is 10.7. The number of hydrogen-bond acceptors (Lipinski definition) is 4. The van der Waals surface area contributed by atoms with E-state index in [0.29, 0.717) is 29.9 Å². The quantitative estimate of drug-likeness (QED) is 0.897. The molecule has 0 aliphatic carbocycles. The Bertz CT molecular complexity index is 540. The Labute approximate surface area is 122 Å². The molecule has 0 unspecified atom stereocenters. The molecular formula is C12H17BrN2O3S. The first-order valence-electron chi connectivity index (χ1n) is 6.10. The highest BCUT2D eigenvalue weighted by Crippen LogP contribution is 2.29. The molecule has 0 aromatic heterocycles. The van der Waals surface area contributed by atoms with Gasteiger partial charge in [-0.25, -0.2) is 8.42 Å². The van der Waals surface area contributed by atoms with Crippen LogP contribution in [0.2, 0.25) is 0 Å². The molecule has 1 aromatic rings. The van der Waals surface area contributed by atoms with E-state index in [0.717, 1.165) is 13.0 Å². The summed E-state index contributed by atoms with van der Waals surface area (Å²) in [5.74, 6) is 0.537. The van der Waals surface area contributed by atoms with Crippen LogP contribution in [-0.2, 0) is 10.0 Å². The van der Waals surface area contributed by atoms with Gasteiger partial charge in [0.25, 0.3) is 0 Å². The molecule has 0 saturated carbocycles. The summed E-state index contributed by atoms with van der Waals surface area (Å²) in [6.07, 6.45) is 0.820. The van der Waals surface area contributed by atoms with E-state index >= 15 is 0 Å². The summed E-state index contributed by atoms with van der Waals surface area (Å²) in [5.41, 5.74) is 0. The summed E-state index contributed by atoms with van der Waals surface area (Å²) >= 11 is 3.30. The third-order valence-electron chi connectivity index (χ3n) is 3.06. The van der Waals surface area contributed by atoms with Crippen LogP contribution in [-0.4, -0.2) is 46.0 Å². The van der Waals surface area contributed by atoms with E-state index in [1.54, 1.807) is 18.2 Å². The summed E-state index contributed by atoms with van der Waals surface area (Å²) < 4.78 is 32.5. The van der Waals surface area contributed by atoms with Gasteiger partial charge in [0.2, 0.25) is 10.0 Å². The minimum Gasteiger partial charge on any atom is -0.497 e. The summed E-state index contributed by atoms with van der Waals surface area (Å²) in [6, 6.07) is 4.98. The van der Waals surface area contributed by atoms with Crippen molar-refractivity contribution >= 4 is 26.0 Å². The van der Waals surface area contributed by atoms with Gasteiger partial charge >= 0.3 is 0 Å². The van der Waals surface area contributed by atoms with E-state index in [9.17, 15) is 8.42 Å². The maximum absolute atomic E-state index is 12.6. The van der Waals surface area contributed by atoms with Crippen molar-refractivity contribution in [1.82, 2.24) is 9.62 Å². The fourth-order valence-electron chi connectivity index (χ4n) is 2.01. The maximum Gasteiger partial charge on any atom is 0.244 e. The van der Waals surface area contributed by atoms with Gasteiger partial charge in [0.1, 0.15) is 10.6 Å². The van der Waals surface area contributed by atoms with Gasteiger partial charge in [-0.2, -0.15) is 4.31 Å². The molecule has 0 bridgehead atoms. The average molecular weight is 349 g/mol. The first-order chi connectivity index (χ1) is 9.05. The summed E-state index contributed by atoms with van der Waals surface area (Å²) in [5, 5.41) is 3.20. The Morgan fingerprint density at radius 1 is 1.32 bits per heavy atom. The lowest BCUT2D eigenvalue weighted by Crippen LogP contribution is -2.34. The SMILES string of the molecule is COc1ccc(Br)c(S(=O)(=O)N2CCCNCC2)c1. The van der Waals surface area contributed by atoms with Crippen LogP contribution in [0.15, 0.2) is 27.6 Å². The standard InChI is InChI=1S/C12H17BrN2O3S/c1-18-10-3-4-11(13)12(9-10)19(16,17)15-7-2-5-14-6-8-15/h3-4,9,14H,2,5-8H2,1H3. The van der Waals surface area contributed by atoms with Gasteiger partial charge in [0, 0.05) is 30.2 Å². The summed E-state index contributed by atoms with van der Waals surface area (Å²) in [7, 11) is -1.96. The number of rotatable bonds is 3. The van der Waals surface area contributed by atoms with Gasteiger partial charge in [0.05, 0.1) is 7.11 Å². The van der Waals surface area contributed by atoms with Gasteiger partial charge in [-0.3, -0.25) is 0 Å². The first-order valence-corrected chi connectivity index (χ1v) is 8.33. The van der Waals surface area contributed by atoms with Crippen LogP contribution in [0.4, 0.5) is 0 Å². The van der Waals surface area contributed by atoms with E-state index < -0.39 is 10.0 Å². The van der Waals surface area contributed by atoms with Crippen molar-refractivity contribution in [3.8, 4) is 5.75 Å². The van der Waals surface area contributed by atoms with Gasteiger partial charge < -0.3 is 10.1 Å². The third kappa shape index (κ3) is 3.28. The largest absolute Gasteiger partial charge is 0.497 e. The van der Waals surface area contributed by atoms with Crippen LogP contribution in [0.1, 0.15) is 6.42 Å². The molecule has 7 heteroatoms. The van der Waals surface area contributed by atoms with Crippen molar-refractivity contribution in [2.45, 2.75) is 11.3 Å². The molecule has 1 heterocycles. The Kier molecular flexibility index (Phi) is 4.83. The molecule has 0 radical (unpaired) electrons. The molecule has 106 valence electrons. The van der Waals surface area contributed by atoms with Gasteiger partial charge in [-0.05, 0) is 41.0 Å². The highest BCUT2D eigenvalue weighted by atomic mass is 79.9. The van der Waals surface area contributed by atoms with Gasteiger partial charge in [-0.1, -0.05) is 0 Å². The molecule has 1 N–H and O–H groups in total.